The number of nitrogens with zero attached hydrogens (tertiary/aromatic N) is 2. The molecule has 3 saturated heterocycles. The number of rotatable bonds is 2. The number of β-lactam (4-membered cyclic amide) rings is 1. The summed E-state index contributed by atoms with van der Waals surface area (Å²) in [5.41, 5.74) is 0. The third-order valence-electron chi connectivity index (χ3n) is 3.87. The van der Waals surface area contributed by atoms with Crippen LogP contribution in [0.25, 0.3) is 0 Å². The molecule has 0 unspecified atom stereocenters. The van der Waals surface area contributed by atoms with Gasteiger partial charge in [-0.3, -0.25) is 9.59 Å². The fourth-order valence-electron chi connectivity index (χ4n) is 2.89. The molecular weight excluding hydrogens is 345 g/mol. The van der Waals surface area contributed by atoms with Gasteiger partial charge >= 0.3 is 35.6 Å². The predicted octanol–water partition coefficient (Wildman–Crippen LogP) is -4.52. The maximum absolute atomic E-state index is 12.1. The molecule has 3 atom stereocenters. The number of hydrogen-bond donors (Lipinski definition) is 1. The molecule has 0 aromatic carbocycles. The van der Waals surface area contributed by atoms with Crippen molar-refractivity contribution in [3.63, 3.8) is 0 Å². The van der Waals surface area contributed by atoms with Gasteiger partial charge in [-0.2, -0.15) is 0 Å². The Labute approximate surface area is 153 Å². The minimum absolute atomic E-state index is 0. The molecule has 0 aromatic rings. The van der Waals surface area contributed by atoms with Gasteiger partial charge in [-0.25, -0.2) is 17.5 Å². The second-order valence-electron chi connectivity index (χ2n) is 5.04. The summed E-state index contributed by atoms with van der Waals surface area (Å²) in [5.74, 6) is -0.244. The number of hydrogen-bond acceptors (Lipinski definition) is 7. The topological polar surface area (TPSA) is 127 Å². The SMILES string of the molecule is O=C1SCC[C@H]1NC(=O)N1CC[C@@H]2[C@H]1C(=O)N2S(=O)(=O)[O-].[Na+]. The molecule has 1 N–H and O–H groups in total. The van der Waals surface area contributed by atoms with Crippen molar-refractivity contribution in [3.8, 4) is 0 Å². The average molecular weight is 357 g/mol. The summed E-state index contributed by atoms with van der Waals surface area (Å²) in [6.45, 7) is 0.174. The van der Waals surface area contributed by atoms with Gasteiger partial charge in [0.2, 0.25) is 5.12 Å². The van der Waals surface area contributed by atoms with Gasteiger partial charge in [0, 0.05) is 12.3 Å². The van der Waals surface area contributed by atoms with Crippen LogP contribution in [0.4, 0.5) is 4.79 Å². The minimum atomic E-state index is -4.83. The van der Waals surface area contributed by atoms with Crippen LogP contribution in [0, 0.1) is 0 Å². The fourth-order valence-corrected chi connectivity index (χ4v) is 4.71. The molecule has 3 heterocycles. The standard InChI is InChI=1S/C10H13N3O6S2.Na/c14-8-7-6(13(8)21(17,18)19)1-3-12(7)10(16)11-5-2-4-20-9(5)15;/h5-7H,1-4H2,(H,11,16)(H,17,18,19);/q;+1/p-1/t5-,6-,7+;/m1./s1. The van der Waals surface area contributed by atoms with Crippen molar-refractivity contribution in [2.75, 3.05) is 12.3 Å². The van der Waals surface area contributed by atoms with Crippen LogP contribution in [-0.4, -0.2) is 69.7 Å². The first-order valence-corrected chi connectivity index (χ1v) is 8.68. The number of amides is 3. The van der Waals surface area contributed by atoms with Gasteiger partial charge in [-0.1, -0.05) is 11.8 Å². The zero-order valence-electron chi connectivity index (χ0n) is 11.7. The van der Waals surface area contributed by atoms with Gasteiger partial charge in [-0.15, -0.1) is 0 Å². The molecule has 0 radical (unpaired) electrons. The predicted molar refractivity (Wildman–Crippen MR) is 69.8 cm³/mol. The van der Waals surface area contributed by atoms with E-state index >= 15 is 0 Å². The first-order chi connectivity index (χ1) is 9.80. The van der Waals surface area contributed by atoms with E-state index in [1.165, 1.54) is 4.90 Å². The molecule has 3 fully saturated rings. The molecule has 0 aromatic heterocycles. The van der Waals surface area contributed by atoms with Crippen molar-refractivity contribution in [1.29, 1.82) is 0 Å². The largest absolute Gasteiger partial charge is 1.00 e. The maximum Gasteiger partial charge on any atom is 1.00 e. The molecule has 0 saturated carbocycles. The van der Waals surface area contributed by atoms with Crippen molar-refractivity contribution < 1.29 is 56.9 Å². The molecule has 12 heteroatoms. The van der Waals surface area contributed by atoms with Crippen LogP contribution in [0.2, 0.25) is 0 Å². The van der Waals surface area contributed by atoms with E-state index < -0.39 is 40.4 Å². The van der Waals surface area contributed by atoms with Gasteiger partial charge in [0.15, 0.2) is 10.3 Å². The van der Waals surface area contributed by atoms with Gasteiger partial charge in [-0.05, 0) is 12.8 Å². The molecule has 3 amide bonds. The summed E-state index contributed by atoms with van der Waals surface area (Å²) in [5, 5.41) is 2.43. The van der Waals surface area contributed by atoms with Crippen molar-refractivity contribution in [1.82, 2.24) is 14.5 Å². The van der Waals surface area contributed by atoms with Crippen LogP contribution in [0.5, 0.6) is 0 Å². The Hall–Kier alpha value is -0.330. The number of thioether (sulfide) groups is 1. The normalized spacial score (nSPS) is 30.7. The summed E-state index contributed by atoms with van der Waals surface area (Å²) in [7, 11) is -4.83. The smallest absolute Gasteiger partial charge is 0.731 e. The first-order valence-electron chi connectivity index (χ1n) is 6.33. The van der Waals surface area contributed by atoms with Gasteiger partial charge in [0.05, 0.1) is 6.04 Å². The van der Waals surface area contributed by atoms with Crippen molar-refractivity contribution >= 4 is 39.1 Å². The van der Waals surface area contributed by atoms with Crippen molar-refractivity contribution in [2.45, 2.75) is 31.0 Å². The number of fused-ring (bicyclic) bond motifs is 1. The van der Waals surface area contributed by atoms with Crippen LogP contribution >= 0.6 is 11.8 Å². The minimum Gasteiger partial charge on any atom is -0.731 e. The average Bonchev–Trinajstić information content (AvgIpc) is 2.92. The zero-order valence-corrected chi connectivity index (χ0v) is 15.4. The Morgan fingerprint density at radius 3 is 2.55 bits per heavy atom. The van der Waals surface area contributed by atoms with E-state index in [2.05, 4.69) is 5.32 Å². The quantitative estimate of drug-likeness (QED) is 0.300. The van der Waals surface area contributed by atoms with Crippen molar-refractivity contribution in [2.24, 2.45) is 0 Å². The molecule has 3 aliphatic heterocycles. The van der Waals surface area contributed by atoms with E-state index in [0.717, 1.165) is 11.8 Å². The Morgan fingerprint density at radius 1 is 1.32 bits per heavy atom. The Bertz CT molecular complexity index is 626. The molecule has 3 aliphatic rings. The van der Waals surface area contributed by atoms with E-state index in [0.29, 0.717) is 16.5 Å². The second-order valence-corrected chi connectivity index (χ2v) is 7.39. The van der Waals surface area contributed by atoms with Crippen LogP contribution in [0.3, 0.4) is 0 Å². The van der Waals surface area contributed by atoms with Gasteiger partial charge < -0.3 is 14.8 Å². The summed E-state index contributed by atoms with van der Waals surface area (Å²) in [6.07, 6.45) is 0.769. The molecule has 22 heavy (non-hydrogen) atoms. The number of nitrogens with one attached hydrogen (secondary N) is 1. The Balaban J connectivity index is 0.00000176. The molecular formula is C10H12N3NaO6S2. The summed E-state index contributed by atoms with van der Waals surface area (Å²) in [6, 6.07) is -2.84. The fraction of sp³-hybridized carbons (Fsp3) is 0.700. The van der Waals surface area contributed by atoms with E-state index in [-0.39, 0.29) is 47.6 Å². The Kier molecular flexibility index (Phi) is 5.15. The van der Waals surface area contributed by atoms with Crippen LogP contribution in [0.1, 0.15) is 12.8 Å². The molecule has 9 nitrogen and oxygen atoms in total. The Morgan fingerprint density at radius 2 is 2.00 bits per heavy atom. The van der Waals surface area contributed by atoms with Crippen molar-refractivity contribution in [3.05, 3.63) is 0 Å². The molecule has 0 aliphatic carbocycles. The second kappa shape index (κ2) is 6.29. The maximum atomic E-state index is 12.1. The van der Waals surface area contributed by atoms with Crippen LogP contribution in [-0.2, 0) is 19.9 Å². The van der Waals surface area contributed by atoms with E-state index in [1.807, 2.05) is 0 Å². The van der Waals surface area contributed by atoms with E-state index in [9.17, 15) is 27.4 Å². The first kappa shape index (κ1) is 18.0. The summed E-state index contributed by atoms with van der Waals surface area (Å²) in [4.78, 5) is 36.5. The van der Waals surface area contributed by atoms with Gasteiger partial charge in [0.25, 0.3) is 5.91 Å². The van der Waals surface area contributed by atoms with E-state index in [1.54, 1.807) is 0 Å². The number of likely N-dealkylation sites (tertiary alicyclic amines) is 1. The van der Waals surface area contributed by atoms with Crippen LogP contribution < -0.4 is 34.9 Å². The summed E-state index contributed by atoms with van der Waals surface area (Å²) >= 11 is 1.14. The van der Waals surface area contributed by atoms with Gasteiger partial charge in [0.1, 0.15) is 12.1 Å². The number of carbonyl (C=O) groups excluding carboxylic acids is 3. The third kappa shape index (κ3) is 2.89. The molecule has 0 spiro atoms. The zero-order chi connectivity index (χ0) is 15.4. The molecule has 3 rings (SSSR count). The van der Waals surface area contributed by atoms with Crippen LogP contribution in [0.15, 0.2) is 0 Å². The summed E-state index contributed by atoms with van der Waals surface area (Å²) < 4.78 is 33.1. The number of carbonyl (C=O) groups is 3. The third-order valence-corrected chi connectivity index (χ3v) is 5.81. The number of urea groups is 1. The van der Waals surface area contributed by atoms with E-state index in [4.69, 9.17) is 0 Å². The molecule has 116 valence electrons. The monoisotopic (exact) mass is 357 g/mol. The molecule has 0 bridgehead atoms.